The number of rotatable bonds is 3. The molecule has 1 N–H and O–H groups in total. The summed E-state index contributed by atoms with van der Waals surface area (Å²) in [6.45, 7) is 0. The summed E-state index contributed by atoms with van der Waals surface area (Å²) < 4.78 is 1.85. The van der Waals surface area contributed by atoms with Crippen molar-refractivity contribution in [2.45, 2.75) is 0 Å². The van der Waals surface area contributed by atoms with Crippen molar-refractivity contribution in [1.29, 1.82) is 0 Å². The van der Waals surface area contributed by atoms with Crippen LogP contribution in [0.5, 0.6) is 0 Å². The molecule has 2 aromatic heterocycles. The van der Waals surface area contributed by atoms with E-state index in [0.29, 0.717) is 15.9 Å². The Labute approximate surface area is 147 Å². The minimum absolute atomic E-state index is 0.570. The molecule has 4 aromatic rings. The van der Waals surface area contributed by atoms with Gasteiger partial charge in [-0.1, -0.05) is 47.5 Å². The van der Waals surface area contributed by atoms with Gasteiger partial charge in [0.1, 0.15) is 0 Å². The molecular formula is C16H10Cl2N6. The first-order valence-corrected chi connectivity index (χ1v) is 7.80. The number of aromatic nitrogens is 6. The van der Waals surface area contributed by atoms with E-state index in [4.69, 9.17) is 23.2 Å². The van der Waals surface area contributed by atoms with Crippen molar-refractivity contribution in [1.82, 2.24) is 30.2 Å². The summed E-state index contributed by atoms with van der Waals surface area (Å²) in [4.78, 5) is 4.03. The van der Waals surface area contributed by atoms with Gasteiger partial charge in [-0.3, -0.25) is 0 Å². The molecule has 4 rings (SSSR count). The number of hydrogen-bond acceptors (Lipinski definition) is 4. The summed E-state index contributed by atoms with van der Waals surface area (Å²) in [5.41, 5.74) is 3.43. The van der Waals surface area contributed by atoms with Crippen LogP contribution in [0, 0.1) is 0 Å². The fraction of sp³-hybridized carbons (Fsp3) is 0. The van der Waals surface area contributed by atoms with Gasteiger partial charge >= 0.3 is 0 Å². The van der Waals surface area contributed by atoms with E-state index in [1.54, 1.807) is 12.5 Å². The maximum Gasteiger partial charge on any atom is 0.179 e. The first-order valence-electron chi connectivity index (χ1n) is 7.04. The Morgan fingerprint density at radius 3 is 2.25 bits per heavy atom. The Kier molecular flexibility index (Phi) is 3.76. The summed E-state index contributed by atoms with van der Waals surface area (Å²) in [5.74, 6) is 0.606. The maximum atomic E-state index is 6.47. The predicted octanol–water partition coefficient (Wildman–Crippen LogP) is 4.03. The standard InChI is InChI=1S/C16H10Cl2N6/c17-13-7-12(24-6-5-19-9-24)8-14(18)15(13)10-1-3-11(4-2-10)16-20-22-23-21-16/h1-9H,(H,20,21,22,23). The number of imidazole rings is 1. The third kappa shape index (κ3) is 2.66. The molecule has 0 aliphatic carbocycles. The number of nitrogens with one attached hydrogen (secondary N) is 1. The lowest BCUT2D eigenvalue weighted by molar-refractivity contribution is 0.881. The van der Waals surface area contributed by atoms with Crippen molar-refractivity contribution in [3.05, 3.63) is 65.2 Å². The molecule has 0 saturated heterocycles. The highest BCUT2D eigenvalue weighted by atomic mass is 35.5. The van der Waals surface area contributed by atoms with Gasteiger partial charge in [-0.05, 0) is 28.1 Å². The highest BCUT2D eigenvalue weighted by Crippen LogP contribution is 2.37. The van der Waals surface area contributed by atoms with Gasteiger partial charge in [-0.2, -0.15) is 0 Å². The molecule has 2 heterocycles. The molecule has 0 amide bonds. The van der Waals surface area contributed by atoms with Crippen LogP contribution in [0.3, 0.4) is 0 Å². The van der Waals surface area contributed by atoms with Crippen LogP contribution in [0.2, 0.25) is 10.0 Å². The van der Waals surface area contributed by atoms with Crippen molar-refractivity contribution in [3.8, 4) is 28.2 Å². The molecule has 0 aliphatic heterocycles. The van der Waals surface area contributed by atoms with Gasteiger partial charge in [0.25, 0.3) is 0 Å². The Morgan fingerprint density at radius 1 is 0.958 bits per heavy atom. The van der Waals surface area contributed by atoms with E-state index in [1.165, 1.54) is 0 Å². The van der Waals surface area contributed by atoms with Gasteiger partial charge in [0.2, 0.25) is 0 Å². The molecule has 6 nitrogen and oxygen atoms in total. The molecule has 0 bridgehead atoms. The molecule has 24 heavy (non-hydrogen) atoms. The average Bonchev–Trinajstić information content (AvgIpc) is 3.29. The van der Waals surface area contributed by atoms with Crippen molar-refractivity contribution in [2.75, 3.05) is 0 Å². The Hall–Kier alpha value is -2.70. The number of nitrogens with zero attached hydrogens (tertiary/aromatic N) is 5. The van der Waals surface area contributed by atoms with E-state index >= 15 is 0 Å². The van der Waals surface area contributed by atoms with Gasteiger partial charge in [-0.25, -0.2) is 10.1 Å². The Morgan fingerprint density at radius 2 is 1.67 bits per heavy atom. The molecule has 0 unspecified atom stereocenters. The van der Waals surface area contributed by atoms with Crippen LogP contribution in [0.1, 0.15) is 0 Å². The SMILES string of the molecule is Clc1cc(-n2ccnc2)cc(Cl)c1-c1ccc(-c2nnn[nH]2)cc1. The lowest BCUT2D eigenvalue weighted by atomic mass is 10.0. The number of hydrogen-bond donors (Lipinski definition) is 1. The molecule has 0 saturated carbocycles. The fourth-order valence-electron chi connectivity index (χ4n) is 2.47. The molecule has 0 radical (unpaired) electrons. The topological polar surface area (TPSA) is 72.3 Å². The van der Waals surface area contributed by atoms with Gasteiger partial charge < -0.3 is 4.57 Å². The zero-order valence-electron chi connectivity index (χ0n) is 12.2. The van der Waals surface area contributed by atoms with Crippen molar-refractivity contribution in [3.63, 3.8) is 0 Å². The molecule has 0 fully saturated rings. The summed E-state index contributed by atoms with van der Waals surface area (Å²) in [7, 11) is 0. The summed E-state index contributed by atoms with van der Waals surface area (Å²) in [6.07, 6.45) is 5.23. The molecule has 118 valence electrons. The van der Waals surface area contributed by atoms with Gasteiger partial charge in [0, 0.05) is 29.2 Å². The minimum Gasteiger partial charge on any atom is -0.306 e. The Bertz CT molecular complexity index is 939. The highest BCUT2D eigenvalue weighted by molar-refractivity contribution is 6.39. The second-order valence-corrected chi connectivity index (χ2v) is 5.90. The number of tetrazole rings is 1. The predicted molar refractivity (Wildman–Crippen MR) is 92.2 cm³/mol. The van der Waals surface area contributed by atoms with Crippen LogP contribution in [-0.2, 0) is 0 Å². The summed E-state index contributed by atoms with van der Waals surface area (Å²) in [6, 6.07) is 11.4. The number of halogens is 2. The minimum atomic E-state index is 0.570. The largest absolute Gasteiger partial charge is 0.306 e. The quantitative estimate of drug-likeness (QED) is 0.601. The average molecular weight is 357 g/mol. The number of H-pyrrole nitrogens is 1. The lowest BCUT2D eigenvalue weighted by Gasteiger charge is -2.11. The third-order valence-electron chi connectivity index (χ3n) is 3.62. The Balaban J connectivity index is 1.74. The highest BCUT2D eigenvalue weighted by Gasteiger charge is 2.12. The molecule has 0 aliphatic rings. The van der Waals surface area contributed by atoms with E-state index in [0.717, 1.165) is 22.4 Å². The first kappa shape index (κ1) is 14.9. The maximum absolute atomic E-state index is 6.47. The fourth-order valence-corrected chi connectivity index (χ4v) is 3.17. The van der Waals surface area contributed by atoms with E-state index in [2.05, 4.69) is 25.6 Å². The second-order valence-electron chi connectivity index (χ2n) is 5.08. The number of aromatic amines is 1. The molecule has 0 spiro atoms. The first-order chi connectivity index (χ1) is 11.7. The van der Waals surface area contributed by atoms with Crippen LogP contribution >= 0.6 is 23.2 Å². The van der Waals surface area contributed by atoms with Gasteiger partial charge in [-0.15, -0.1) is 5.10 Å². The summed E-state index contributed by atoms with van der Waals surface area (Å²) in [5, 5.41) is 14.9. The van der Waals surface area contributed by atoms with Crippen LogP contribution in [0.15, 0.2) is 55.1 Å². The lowest BCUT2D eigenvalue weighted by Crippen LogP contribution is -1.92. The van der Waals surface area contributed by atoms with E-state index in [9.17, 15) is 0 Å². The van der Waals surface area contributed by atoms with Crippen LogP contribution < -0.4 is 0 Å². The van der Waals surface area contributed by atoms with E-state index < -0.39 is 0 Å². The molecule has 2 aromatic carbocycles. The van der Waals surface area contributed by atoms with E-state index in [1.807, 2.05) is 47.2 Å². The summed E-state index contributed by atoms with van der Waals surface area (Å²) >= 11 is 12.9. The molecule has 0 atom stereocenters. The zero-order chi connectivity index (χ0) is 16.5. The second kappa shape index (κ2) is 6.07. The molecule has 8 heteroatoms. The van der Waals surface area contributed by atoms with Crippen LogP contribution in [0.25, 0.3) is 28.2 Å². The normalized spacial score (nSPS) is 10.9. The third-order valence-corrected chi connectivity index (χ3v) is 4.22. The zero-order valence-corrected chi connectivity index (χ0v) is 13.7. The van der Waals surface area contributed by atoms with Crippen molar-refractivity contribution >= 4 is 23.2 Å². The van der Waals surface area contributed by atoms with Crippen LogP contribution in [0.4, 0.5) is 0 Å². The van der Waals surface area contributed by atoms with Crippen molar-refractivity contribution in [2.24, 2.45) is 0 Å². The van der Waals surface area contributed by atoms with Crippen LogP contribution in [-0.4, -0.2) is 30.2 Å². The van der Waals surface area contributed by atoms with Gasteiger partial charge in [0.05, 0.1) is 16.4 Å². The monoisotopic (exact) mass is 356 g/mol. The van der Waals surface area contributed by atoms with Gasteiger partial charge in [0.15, 0.2) is 5.82 Å². The van der Waals surface area contributed by atoms with E-state index in [-0.39, 0.29) is 0 Å². The molecular weight excluding hydrogens is 347 g/mol. The number of benzene rings is 2. The van der Waals surface area contributed by atoms with Crippen molar-refractivity contribution < 1.29 is 0 Å². The smallest absolute Gasteiger partial charge is 0.179 e.